The number of hydrogen-bond donors (Lipinski definition) is 4. The average Bonchev–Trinajstić information content (AvgIpc) is 2.22. The lowest BCUT2D eigenvalue weighted by Crippen LogP contribution is -2.38. The summed E-state index contributed by atoms with van der Waals surface area (Å²) in [6, 6.07) is -0.584. The highest BCUT2D eigenvalue weighted by atomic mass is 16.2. The van der Waals surface area contributed by atoms with Gasteiger partial charge in [0.15, 0.2) is 0 Å². The number of carbonyl (C=O) groups is 2. The monoisotopic (exact) mass is 244 g/mol. The third-order valence-corrected chi connectivity index (χ3v) is 2.36. The molecule has 100 valence electrons. The lowest BCUT2D eigenvalue weighted by molar-refractivity contribution is -0.122. The zero-order chi connectivity index (χ0) is 13.3. The van der Waals surface area contributed by atoms with Crippen LogP contribution in [0.1, 0.15) is 26.7 Å². The summed E-state index contributed by atoms with van der Waals surface area (Å²) in [7, 11) is 0. The molecular weight excluding hydrogens is 220 g/mol. The van der Waals surface area contributed by atoms with Crippen LogP contribution in [-0.4, -0.2) is 31.6 Å². The molecule has 0 saturated carbocycles. The second-order valence-corrected chi connectivity index (χ2v) is 4.58. The van der Waals surface area contributed by atoms with E-state index in [-0.39, 0.29) is 11.8 Å². The smallest absolute Gasteiger partial charge is 0.312 e. The van der Waals surface area contributed by atoms with Gasteiger partial charge >= 0.3 is 6.03 Å². The molecule has 6 heteroatoms. The van der Waals surface area contributed by atoms with Crippen LogP contribution in [0.15, 0.2) is 0 Å². The number of nitrogens with one attached hydrogen (secondary N) is 2. The maximum absolute atomic E-state index is 11.5. The van der Waals surface area contributed by atoms with Crippen LogP contribution in [0.5, 0.6) is 0 Å². The number of primary amides is 1. The van der Waals surface area contributed by atoms with Crippen LogP contribution < -0.4 is 22.1 Å². The van der Waals surface area contributed by atoms with E-state index in [1.807, 2.05) is 0 Å². The molecular formula is C11H24N4O2. The minimum Gasteiger partial charge on any atom is -0.354 e. The van der Waals surface area contributed by atoms with E-state index in [1.165, 1.54) is 0 Å². The zero-order valence-corrected chi connectivity index (χ0v) is 10.7. The fourth-order valence-electron chi connectivity index (χ4n) is 1.65. The Hall–Kier alpha value is -1.30. The molecule has 3 amide bonds. The molecule has 0 bridgehead atoms. The topological polar surface area (TPSA) is 110 Å². The van der Waals surface area contributed by atoms with E-state index in [1.54, 1.807) is 0 Å². The van der Waals surface area contributed by atoms with E-state index >= 15 is 0 Å². The molecule has 0 aromatic carbocycles. The Labute approximate surface area is 102 Å². The first-order chi connectivity index (χ1) is 7.95. The van der Waals surface area contributed by atoms with Crippen molar-refractivity contribution in [2.75, 3.05) is 19.6 Å². The lowest BCUT2D eigenvalue weighted by atomic mass is 9.94. The number of rotatable bonds is 8. The Morgan fingerprint density at radius 3 is 2.24 bits per heavy atom. The second-order valence-electron chi connectivity index (χ2n) is 4.58. The predicted octanol–water partition coefficient (Wildman–Crippen LogP) is -0.218. The van der Waals surface area contributed by atoms with E-state index < -0.39 is 6.03 Å². The van der Waals surface area contributed by atoms with Crippen LogP contribution >= 0.6 is 0 Å². The molecule has 0 aromatic rings. The molecule has 0 spiro atoms. The van der Waals surface area contributed by atoms with Gasteiger partial charge in [-0.15, -0.1) is 0 Å². The highest BCUT2D eigenvalue weighted by molar-refractivity contribution is 5.76. The largest absolute Gasteiger partial charge is 0.354 e. The highest BCUT2D eigenvalue weighted by Gasteiger charge is 2.13. The van der Waals surface area contributed by atoms with Crippen molar-refractivity contribution < 1.29 is 9.59 Å². The minimum absolute atomic E-state index is 0.0348. The molecule has 0 aromatic heterocycles. The Bertz CT molecular complexity index is 244. The van der Waals surface area contributed by atoms with Gasteiger partial charge in [-0.3, -0.25) is 4.79 Å². The van der Waals surface area contributed by atoms with E-state index in [2.05, 4.69) is 24.5 Å². The first-order valence-corrected chi connectivity index (χ1v) is 5.95. The van der Waals surface area contributed by atoms with Gasteiger partial charge in [0, 0.05) is 19.5 Å². The van der Waals surface area contributed by atoms with Crippen LogP contribution in [0.2, 0.25) is 0 Å². The quantitative estimate of drug-likeness (QED) is 0.443. The molecule has 1 atom stereocenters. The maximum atomic E-state index is 11.5. The Morgan fingerprint density at radius 2 is 1.76 bits per heavy atom. The van der Waals surface area contributed by atoms with E-state index in [4.69, 9.17) is 11.5 Å². The molecule has 6 N–H and O–H groups in total. The number of amides is 3. The maximum Gasteiger partial charge on any atom is 0.312 e. The molecule has 6 nitrogen and oxygen atoms in total. The highest BCUT2D eigenvalue weighted by Crippen LogP contribution is 2.13. The predicted molar refractivity (Wildman–Crippen MR) is 67.2 cm³/mol. The van der Waals surface area contributed by atoms with Gasteiger partial charge in [0.1, 0.15) is 0 Å². The van der Waals surface area contributed by atoms with Crippen molar-refractivity contribution in [1.29, 1.82) is 0 Å². The fraction of sp³-hybridized carbons (Fsp3) is 0.818. The molecule has 0 aliphatic carbocycles. The van der Waals surface area contributed by atoms with E-state index in [9.17, 15) is 9.59 Å². The molecule has 0 aliphatic rings. The summed E-state index contributed by atoms with van der Waals surface area (Å²) in [6.07, 6.45) is 1.38. The van der Waals surface area contributed by atoms with Crippen molar-refractivity contribution in [3.63, 3.8) is 0 Å². The molecule has 0 aliphatic heterocycles. The minimum atomic E-state index is -0.584. The van der Waals surface area contributed by atoms with Gasteiger partial charge in [-0.2, -0.15) is 0 Å². The summed E-state index contributed by atoms with van der Waals surface area (Å²) >= 11 is 0. The van der Waals surface area contributed by atoms with Crippen molar-refractivity contribution in [3.05, 3.63) is 0 Å². The van der Waals surface area contributed by atoms with Crippen molar-refractivity contribution in [1.82, 2.24) is 10.6 Å². The molecule has 0 fully saturated rings. The summed E-state index contributed by atoms with van der Waals surface area (Å²) < 4.78 is 0. The van der Waals surface area contributed by atoms with Crippen LogP contribution in [0.4, 0.5) is 4.79 Å². The average molecular weight is 244 g/mol. The Balaban J connectivity index is 3.71. The van der Waals surface area contributed by atoms with Gasteiger partial charge < -0.3 is 22.1 Å². The van der Waals surface area contributed by atoms with Crippen molar-refractivity contribution in [2.24, 2.45) is 23.3 Å². The van der Waals surface area contributed by atoms with Gasteiger partial charge in [-0.05, 0) is 24.8 Å². The zero-order valence-electron chi connectivity index (χ0n) is 10.7. The first-order valence-electron chi connectivity index (χ1n) is 5.95. The van der Waals surface area contributed by atoms with Gasteiger partial charge in [-0.1, -0.05) is 13.8 Å². The summed E-state index contributed by atoms with van der Waals surface area (Å²) in [5.74, 6) is 0.722. The number of carbonyl (C=O) groups excluding carboxylic acids is 2. The summed E-state index contributed by atoms with van der Waals surface area (Å²) in [6.45, 7) is 5.47. The van der Waals surface area contributed by atoms with E-state index in [0.29, 0.717) is 32.0 Å². The number of nitrogens with two attached hydrogens (primary N) is 2. The van der Waals surface area contributed by atoms with Gasteiger partial charge in [0.2, 0.25) is 5.91 Å². The second kappa shape index (κ2) is 8.81. The van der Waals surface area contributed by atoms with Gasteiger partial charge in [0.25, 0.3) is 0 Å². The molecule has 0 unspecified atom stereocenters. The van der Waals surface area contributed by atoms with Crippen LogP contribution in [-0.2, 0) is 4.79 Å². The van der Waals surface area contributed by atoms with Gasteiger partial charge in [0.05, 0.1) is 0 Å². The standard InChI is InChI=1S/C11H24N4O2/c1-8(2)5-9(7-12)6-10(16)14-3-4-15-11(13)17/h8-9H,3-7,12H2,1-2H3,(H,14,16)(H3,13,15,17)/t9-/m0/s1. The summed E-state index contributed by atoms with van der Waals surface area (Å²) in [4.78, 5) is 21.9. The Kier molecular flexibility index (Phi) is 8.13. The molecule has 0 rings (SSSR count). The Morgan fingerprint density at radius 1 is 1.18 bits per heavy atom. The first kappa shape index (κ1) is 15.7. The molecule has 0 heterocycles. The van der Waals surface area contributed by atoms with E-state index in [0.717, 1.165) is 6.42 Å². The summed E-state index contributed by atoms with van der Waals surface area (Å²) in [5.41, 5.74) is 10.5. The molecule has 0 saturated heterocycles. The third-order valence-electron chi connectivity index (χ3n) is 2.36. The number of urea groups is 1. The normalized spacial score (nSPS) is 12.2. The lowest BCUT2D eigenvalue weighted by Gasteiger charge is -2.16. The molecule has 17 heavy (non-hydrogen) atoms. The van der Waals surface area contributed by atoms with Crippen LogP contribution in [0, 0.1) is 11.8 Å². The fourth-order valence-corrected chi connectivity index (χ4v) is 1.65. The van der Waals surface area contributed by atoms with Crippen LogP contribution in [0.25, 0.3) is 0 Å². The van der Waals surface area contributed by atoms with Crippen LogP contribution in [0.3, 0.4) is 0 Å². The summed E-state index contributed by atoms with van der Waals surface area (Å²) in [5, 5.41) is 5.11. The SMILES string of the molecule is CC(C)C[C@H](CN)CC(=O)NCCNC(N)=O. The molecule has 0 radical (unpaired) electrons. The third kappa shape index (κ3) is 9.62. The van der Waals surface area contributed by atoms with Crippen molar-refractivity contribution in [2.45, 2.75) is 26.7 Å². The van der Waals surface area contributed by atoms with Crippen molar-refractivity contribution >= 4 is 11.9 Å². The van der Waals surface area contributed by atoms with Crippen molar-refractivity contribution in [3.8, 4) is 0 Å². The number of hydrogen-bond acceptors (Lipinski definition) is 3. The van der Waals surface area contributed by atoms with Gasteiger partial charge in [-0.25, -0.2) is 4.79 Å².